The van der Waals surface area contributed by atoms with E-state index in [1.165, 1.54) is 0 Å². The van der Waals surface area contributed by atoms with Crippen LogP contribution in [0.1, 0.15) is 38.2 Å². The summed E-state index contributed by atoms with van der Waals surface area (Å²) in [5.74, 6) is 0.736. The molecule has 1 aromatic carbocycles. The predicted octanol–water partition coefficient (Wildman–Crippen LogP) is 2.59. The summed E-state index contributed by atoms with van der Waals surface area (Å²) >= 11 is 0. The SMILES string of the molecule is CCNC(=NCc1ccc(S(=O)(=O)N2CCCCC2)cc1)NCCCOCCOC.I. The van der Waals surface area contributed by atoms with Gasteiger partial charge in [-0.15, -0.1) is 24.0 Å². The van der Waals surface area contributed by atoms with Gasteiger partial charge in [0.05, 0.1) is 24.7 Å². The second kappa shape index (κ2) is 15.8. The van der Waals surface area contributed by atoms with Crippen LogP contribution in [0.2, 0.25) is 0 Å². The Kier molecular flexibility index (Phi) is 14.3. The second-order valence-corrected chi connectivity index (χ2v) is 9.13. The molecule has 0 atom stereocenters. The quantitative estimate of drug-likeness (QED) is 0.174. The van der Waals surface area contributed by atoms with Crippen molar-refractivity contribution in [3.05, 3.63) is 29.8 Å². The van der Waals surface area contributed by atoms with Crippen LogP contribution < -0.4 is 10.6 Å². The van der Waals surface area contributed by atoms with Crippen LogP contribution >= 0.6 is 24.0 Å². The van der Waals surface area contributed by atoms with Gasteiger partial charge in [-0.3, -0.25) is 0 Å². The summed E-state index contributed by atoms with van der Waals surface area (Å²) < 4.78 is 37.5. The van der Waals surface area contributed by atoms with Crippen molar-refractivity contribution < 1.29 is 17.9 Å². The summed E-state index contributed by atoms with van der Waals surface area (Å²) in [7, 11) is -1.73. The fraction of sp³-hybridized carbons (Fsp3) is 0.667. The lowest BCUT2D eigenvalue weighted by Gasteiger charge is -2.25. The highest BCUT2D eigenvalue weighted by molar-refractivity contribution is 14.0. The van der Waals surface area contributed by atoms with E-state index in [0.717, 1.165) is 50.3 Å². The Morgan fingerprint density at radius 2 is 1.77 bits per heavy atom. The molecule has 0 saturated carbocycles. The average Bonchev–Trinajstić information content (AvgIpc) is 2.77. The lowest BCUT2D eigenvalue weighted by atomic mass is 10.2. The third-order valence-electron chi connectivity index (χ3n) is 4.83. The van der Waals surface area contributed by atoms with Crippen molar-refractivity contribution in [3.63, 3.8) is 0 Å². The molecular formula is C21H37IN4O4S. The first-order valence-electron chi connectivity index (χ1n) is 10.8. The van der Waals surface area contributed by atoms with Gasteiger partial charge >= 0.3 is 0 Å². The van der Waals surface area contributed by atoms with Crippen LogP contribution in [0.5, 0.6) is 0 Å². The van der Waals surface area contributed by atoms with Crippen molar-refractivity contribution in [1.29, 1.82) is 0 Å². The van der Waals surface area contributed by atoms with Crippen LogP contribution in [-0.4, -0.2) is 71.8 Å². The first-order chi connectivity index (χ1) is 14.6. The van der Waals surface area contributed by atoms with E-state index in [9.17, 15) is 8.42 Å². The van der Waals surface area contributed by atoms with Gasteiger partial charge in [-0.2, -0.15) is 4.31 Å². The van der Waals surface area contributed by atoms with Crippen molar-refractivity contribution in [2.24, 2.45) is 4.99 Å². The second-order valence-electron chi connectivity index (χ2n) is 7.19. The maximum atomic E-state index is 12.7. The van der Waals surface area contributed by atoms with E-state index >= 15 is 0 Å². The standard InChI is InChI=1S/C21H36N4O4S.HI/c1-3-22-21(23-12-7-15-29-17-16-28-2)24-18-19-8-10-20(11-9-19)30(26,27)25-13-5-4-6-14-25;/h8-11H,3-7,12-18H2,1-2H3,(H2,22,23,24);1H. The minimum absolute atomic E-state index is 0. The normalized spacial score (nSPS) is 15.4. The van der Waals surface area contributed by atoms with E-state index in [1.54, 1.807) is 23.5 Å². The fourth-order valence-corrected chi connectivity index (χ4v) is 4.68. The van der Waals surface area contributed by atoms with Gasteiger partial charge in [0.2, 0.25) is 10.0 Å². The Bertz CT molecular complexity index is 738. The Morgan fingerprint density at radius 1 is 1.06 bits per heavy atom. The Hall–Kier alpha value is -0.950. The Morgan fingerprint density at radius 3 is 2.42 bits per heavy atom. The molecule has 1 fully saturated rings. The number of sulfonamides is 1. The van der Waals surface area contributed by atoms with E-state index < -0.39 is 10.0 Å². The van der Waals surface area contributed by atoms with E-state index in [2.05, 4.69) is 15.6 Å². The molecule has 0 radical (unpaired) electrons. The molecule has 0 bridgehead atoms. The molecule has 8 nitrogen and oxygen atoms in total. The highest BCUT2D eigenvalue weighted by atomic mass is 127. The first-order valence-corrected chi connectivity index (χ1v) is 12.2. The van der Waals surface area contributed by atoms with Crippen LogP contribution in [0.3, 0.4) is 0 Å². The van der Waals surface area contributed by atoms with Crippen LogP contribution in [0.4, 0.5) is 0 Å². The summed E-state index contributed by atoms with van der Waals surface area (Å²) in [5.41, 5.74) is 0.965. The fourth-order valence-electron chi connectivity index (χ4n) is 3.16. The number of halogens is 1. The van der Waals surface area contributed by atoms with Gasteiger partial charge in [-0.25, -0.2) is 13.4 Å². The minimum atomic E-state index is -3.39. The van der Waals surface area contributed by atoms with Gasteiger partial charge in [0.1, 0.15) is 0 Å². The van der Waals surface area contributed by atoms with Gasteiger partial charge in [0, 0.05) is 39.9 Å². The lowest BCUT2D eigenvalue weighted by Crippen LogP contribution is -2.38. The number of rotatable bonds is 12. The number of benzene rings is 1. The zero-order chi connectivity index (χ0) is 21.7. The predicted molar refractivity (Wildman–Crippen MR) is 135 cm³/mol. The van der Waals surface area contributed by atoms with E-state index in [4.69, 9.17) is 9.47 Å². The monoisotopic (exact) mass is 568 g/mol. The summed E-state index contributed by atoms with van der Waals surface area (Å²) in [5, 5.41) is 6.50. The number of piperidine rings is 1. The highest BCUT2D eigenvalue weighted by Crippen LogP contribution is 2.21. The van der Waals surface area contributed by atoms with Crippen LogP contribution in [0, 0.1) is 0 Å². The highest BCUT2D eigenvalue weighted by Gasteiger charge is 2.25. The molecule has 2 N–H and O–H groups in total. The molecule has 1 aliphatic rings. The van der Waals surface area contributed by atoms with Crippen molar-refractivity contribution in [2.75, 3.05) is 53.1 Å². The van der Waals surface area contributed by atoms with Crippen molar-refractivity contribution in [2.45, 2.75) is 44.0 Å². The maximum Gasteiger partial charge on any atom is 0.243 e. The molecule has 0 spiro atoms. The number of hydrogen-bond acceptors (Lipinski definition) is 5. The number of hydrogen-bond donors (Lipinski definition) is 2. The molecule has 1 saturated heterocycles. The molecule has 178 valence electrons. The minimum Gasteiger partial charge on any atom is -0.382 e. The number of aliphatic imine (C=N–C) groups is 1. The number of methoxy groups -OCH3 is 1. The molecular weight excluding hydrogens is 531 g/mol. The third kappa shape index (κ3) is 10.0. The maximum absolute atomic E-state index is 12.7. The molecule has 0 aliphatic carbocycles. The van der Waals surface area contributed by atoms with E-state index in [0.29, 0.717) is 44.4 Å². The summed E-state index contributed by atoms with van der Waals surface area (Å²) in [4.78, 5) is 4.94. The zero-order valence-corrected chi connectivity index (χ0v) is 21.8. The third-order valence-corrected chi connectivity index (χ3v) is 6.74. The van der Waals surface area contributed by atoms with Crippen molar-refractivity contribution in [1.82, 2.24) is 14.9 Å². The smallest absolute Gasteiger partial charge is 0.243 e. The number of nitrogens with one attached hydrogen (secondary N) is 2. The summed E-state index contributed by atoms with van der Waals surface area (Å²) in [6.07, 6.45) is 3.85. The van der Waals surface area contributed by atoms with Crippen molar-refractivity contribution >= 4 is 40.0 Å². The van der Waals surface area contributed by atoms with Crippen LogP contribution in [-0.2, 0) is 26.0 Å². The largest absolute Gasteiger partial charge is 0.382 e. The molecule has 1 aromatic rings. The zero-order valence-electron chi connectivity index (χ0n) is 18.6. The number of guanidine groups is 1. The Balaban J connectivity index is 0.00000480. The number of ether oxygens (including phenoxy) is 2. The molecule has 1 heterocycles. The van der Waals surface area contributed by atoms with E-state index in [-0.39, 0.29) is 24.0 Å². The first kappa shape index (κ1) is 28.1. The molecule has 10 heteroatoms. The molecule has 1 aliphatic heterocycles. The molecule has 0 aromatic heterocycles. The molecule has 31 heavy (non-hydrogen) atoms. The van der Waals surface area contributed by atoms with Gasteiger partial charge in [0.15, 0.2) is 5.96 Å². The van der Waals surface area contributed by atoms with Gasteiger partial charge in [-0.05, 0) is 43.9 Å². The lowest BCUT2D eigenvalue weighted by molar-refractivity contribution is 0.0698. The van der Waals surface area contributed by atoms with E-state index in [1.807, 2.05) is 19.1 Å². The van der Waals surface area contributed by atoms with Gasteiger partial charge < -0.3 is 20.1 Å². The Labute approximate surface area is 204 Å². The summed E-state index contributed by atoms with van der Waals surface area (Å²) in [6, 6.07) is 7.06. The van der Waals surface area contributed by atoms with Crippen molar-refractivity contribution in [3.8, 4) is 0 Å². The average molecular weight is 569 g/mol. The van der Waals surface area contributed by atoms with Crippen LogP contribution in [0.15, 0.2) is 34.2 Å². The molecule has 0 unspecified atom stereocenters. The van der Waals surface area contributed by atoms with Crippen LogP contribution in [0.25, 0.3) is 0 Å². The van der Waals surface area contributed by atoms with Gasteiger partial charge in [0.25, 0.3) is 0 Å². The molecule has 0 amide bonds. The van der Waals surface area contributed by atoms with Gasteiger partial charge in [-0.1, -0.05) is 18.6 Å². The summed E-state index contributed by atoms with van der Waals surface area (Å²) in [6.45, 7) is 7.13. The number of nitrogens with zero attached hydrogens (tertiary/aromatic N) is 2. The molecule has 2 rings (SSSR count). The topological polar surface area (TPSA) is 92.3 Å².